The van der Waals surface area contributed by atoms with Crippen molar-refractivity contribution >= 4 is 32.3 Å². The van der Waals surface area contributed by atoms with Crippen LogP contribution in [0.4, 0.5) is 0 Å². The Kier molecular flexibility index (Phi) is 4.85. The fourth-order valence-electron chi connectivity index (χ4n) is 5.60. The van der Waals surface area contributed by atoms with E-state index in [4.69, 9.17) is 4.98 Å². The number of benzene rings is 6. The molecule has 0 spiro atoms. The Morgan fingerprint density at radius 2 is 0.889 bits per heavy atom. The van der Waals surface area contributed by atoms with Crippen LogP contribution in [0.2, 0.25) is 0 Å². The van der Waals surface area contributed by atoms with Crippen LogP contribution < -0.4 is 0 Å². The summed E-state index contributed by atoms with van der Waals surface area (Å²) in [6.07, 6.45) is 1.88. The molecule has 0 saturated heterocycles. The van der Waals surface area contributed by atoms with Gasteiger partial charge in [0.2, 0.25) is 0 Å². The third kappa shape index (κ3) is 3.21. The number of rotatable bonds is 3. The lowest BCUT2D eigenvalue weighted by molar-refractivity contribution is 1.33. The van der Waals surface area contributed by atoms with Gasteiger partial charge in [-0.3, -0.25) is 4.98 Å². The quantitative estimate of drug-likeness (QED) is 0.241. The molecule has 0 aliphatic heterocycles. The summed E-state index contributed by atoms with van der Waals surface area (Å²) >= 11 is 0. The van der Waals surface area contributed by atoms with E-state index in [1.807, 2.05) is 12.3 Å². The maximum atomic E-state index is 4.76. The van der Waals surface area contributed by atoms with Crippen molar-refractivity contribution in [2.45, 2.75) is 0 Å². The highest BCUT2D eigenvalue weighted by Gasteiger charge is 2.19. The van der Waals surface area contributed by atoms with Gasteiger partial charge in [-0.25, -0.2) is 0 Å². The minimum atomic E-state index is 0.979. The van der Waals surface area contributed by atoms with Crippen molar-refractivity contribution in [1.82, 2.24) is 4.98 Å². The second-order valence-corrected chi connectivity index (χ2v) is 9.13. The normalized spacial score (nSPS) is 11.3. The van der Waals surface area contributed by atoms with Crippen molar-refractivity contribution in [3.8, 4) is 33.5 Å². The van der Waals surface area contributed by atoms with E-state index in [0.29, 0.717) is 0 Å². The summed E-state index contributed by atoms with van der Waals surface area (Å²) in [5.74, 6) is 0. The minimum Gasteiger partial charge on any atom is -0.256 e. The first kappa shape index (κ1) is 20.6. The van der Waals surface area contributed by atoms with Crippen molar-refractivity contribution in [3.05, 3.63) is 140 Å². The Morgan fingerprint density at radius 3 is 1.58 bits per heavy atom. The van der Waals surface area contributed by atoms with Gasteiger partial charge >= 0.3 is 0 Å². The predicted octanol–water partition coefficient (Wildman–Crippen LogP) is 9.54. The molecule has 0 aliphatic carbocycles. The van der Waals surface area contributed by atoms with Crippen LogP contribution in [0.1, 0.15) is 0 Å². The summed E-state index contributed by atoms with van der Waals surface area (Å²) in [7, 11) is 0. The van der Waals surface area contributed by atoms with Crippen molar-refractivity contribution in [2.24, 2.45) is 0 Å². The molecule has 0 saturated carbocycles. The maximum Gasteiger partial charge on any atom is 0.0708 e. The largest absolute Gasteiger partial charge is 0.256 e. The van der Waals surface area contributed by atoms with Gasteiger partial charge < -0.3 is 0 Å². The molecule has 6 aromatic carbocycles. The Morgan fingerprint density at radius 1 is 0.361 bits per heavy atom. The number of hydrogen-bond acceptors (Lipinski definition) is 1. The molecule has 7 aromatic rings. The van der Waals surface area contributed by atoms with Gasteiger partial charge in [0.1, 0.15) is 0 Å². The number of hydrogen-bond donors (Lipinski definition) is 0. The highest BCUT2D eigenvalue weighted by atomic mass is 14.7. The van der Waals surface area contributed by atoms with Gasteiger partial charge in [-0.05, 0) is 66.7 Å². The van der Waals surface area contributed by atoms with Gasteiger partial charge in [0, 0.05) is 11.8 Å². The average Bonchev–Trinajstić information content (AvgIpc) is 2.97. The van der Waals surface area contributed by atoms with Gasteiger partial charge in [-0.15, -0.1) is 0 Å². The standard InChI is InChI=1S/C35H23N/c1-2-12-24(13-3-1)25-18-10-20-31(33-22-8-9-23-36-33)34(25)32-21-11-19-30-28-15-5-4-14-26(28)27-16-6-7-17-29(27)35(30)32/h1-23H. The summed E-state index contributed by atoms with van der Waals surface area (Å²) in [6, 6.07) is 47.7. The smallest absolute Gasteiger partial charge is 0.0708 e. The topological polar surface area (TPSA) is 12.9 Å². The molecule has 0 amide bonds. The van der Waals surface area contributed by atoms with Crippen LogP contribution in [0.25, 0.3) is 65.8 Å². The summed E-state index contributed by atoms with van der Waals surface area (Å²) in [4.78, 5) is 4.76. The summed E-state index contributed by atoms with van der Waals surface area (Å²) in [6.45, 7) is 0. The minimum absolute atomic E-state index is 0.979. The van der Waals surface area contributed by atoms with Gasteiger partial charge in [-0.2, -0.15) is 0 Å². The van der Waals surface area contributed by atoms with E-state index >= 15 is 0 Å². The Bertz CT molecular complexity index is 1770. The molecule has 0 fully saturated rings. The van der Waals surface area contributed by atoms with E-state index in [9.17, 15) is 0 Å². The lowest BCUT2D eigenvalue weighted by Crippen LogP contribution is -1.94. The molecule has 0 unspecified atom stereocenters. The molecule has 0 aliphatic rings. The number of nitrogens with zero attached hydrogens (tertiary/aromatic N) is 1. The van der Waals surface area contributed by atoms with Crippen LogP contribution in [0, 0.1) is 0 Å². The van der Waals surface area contributed by atoms with Gasteiger partial charge in [-0.1, -0.05) is 121 Å². The molecule has 1 aromatic heterocycles. The van der Waals surface area contributed by atoms with E-state index in [1.54, 1.807) is 0 Å². The summed E-state index contributed by atoms with van der Waals surface area (Å²) in [5.41, 5.74) is 6.98. The molecule has 1 nitrogen and oxygen atoms in total. The fraction of sp³-hybridized carbons (Fsp3) is 0. The Balaban J connectivity index is 1.69. The molecule has 0 radical (unpaired) electrons. The molecular weight excluding hydrogens is 434 g/mol. The molecule has 0 bridgehead atoms. The summed E-state index contributed by atoms with van der Waals surface area (Å²) < 4.78 is 0. The highest BCUT2D eigenvalue weighted by molar-refractivity contribution is 6.29. The maximum absolute atomic E-state index is 4.76. The van der Waals surface area contributed by atoms with Crippen molar-refractivity contribution in [3.63, 3.8) is 0 Å². The van der Waals surface area contributed by atoms with Crippen LogP contribution >= 0.6 is 0 Å². The molecule has 7 rings (SSSR count). The molecule has 168 valence electrons. The van der Waals surface area contributed by atoms with Crippen molar-refractivity contribution in [1.29, 1.82) is 0 Å². The monoisotopic (exact) mass is 457 g/mol. The third-order valence-electron chi connectivity index (χ3n) is 7.13. The Labute approximate surface area is 210 Å². The first-order chi connectivity index (χ1) is 17.9. The van der Waals surface area contributed by atoms with Crippen LogP contribution in [0.5, 0.6) is 0 Å². The van der Waals surface area contributed by atoms with E-state index in [2.05, 4.69) is 127 Å². The molecule has 1 heterocycles. The van der Waals surface area contributed by atoms with E-state index in [1.165, 1.54) is 54.6 Å². The zero-order valence-corrected chi connectivity index (χ0v) is 19.7. The lowest BCUT2D eigenvalue weighted by atomic mass is 9.84. The predicted molar refractivity (Wildman–Crippen MR) is 153 cm³/mol. The van der Waals surface area contributed by atoms with Gasteiger partial charge in [0.05, 0.1) is 5.69 Å². The van der Waals surface area contributed by atoms with Crippen LogP contribution in [0.3, 0.4) is 0 Å². The van der Waals surface area contributed by atoms with Crippen LogP contribution in [0.15, 0.2) is 140 Å². The molecule has 1 heteroatoms. The molecule has 0 N–H and O–H groups in total. The first-order valence-corrected chi connectivity index (χ1v) is 12.3. The van der Waals surface area contributed by atoms with Crippen LogP contribution in [-0.4, -0.2) is 4.98 Å². The average molecular weight is 458 g/mol. The zero-order chi connectivity index (χ0) is 23.9. The number of fused-ring (bicyclic) bond motifs is 6. The second-order valence-electron chi connectivity index (χ2n) is 9.13. The van der Waals surface area contributed by atoms with Crippen molar-refractivity contribution < 1.29 is 0 Å². The van der Waals surface area contributed by atoms with E-state index in [-0.39, 0.29) is 0 Å². The second kappa shape index (κ2) is 8.48. The van der Waals surface area contributed by atoms with E-state index in [0.717, 1.165) is 11.3 Å². The van der Waals surface area contributed by atoms with Gasteiger partial charge in [0.25, 0.3) is 0 Å². The first-order valence-electron chi connectivity index (χ1n) is 12.3. The molecule has 36 heavy (non-hydrogen) atoms. The Hall–Kier alpha value is -4.75. The number of pyridine rings is 1. The lowest BCUT2D eigenvalue weighted by Gasteiger charge is -2.19. The van der Waals surface area contributed by atoms with Gasteiger partial charge in [0.15, 0.2) is 0 Å². The van der Waals surface area contributed by atoms with Crippen LogP contribution in [-0.2, 0) is 0 Å². The molecular formula is C35H23N. The third-order valence-corrected chi connectivity index (χ3v) is 7.13. The number of aromatic nitrogens is 1. The van der Waals surface area contributed by atoms with E-state index < -0.39 is 0 Å². The summed E-state index contributed by atoms with van der Waals surface area (Å²) in [5, 5.41) is 7.69. The fourth-order valence-corrected chi connectivity index (χ4v) is 5.60. The molecule has 0 atom stereocenters. The van der Waals surface area contributed by atoms with Crippen molar-refractivity contribution in [2.75, 3.05) is 0 Å². The SMILES string of the molecule is c1ccc(-c2cccc(-c3ccccn3)c2-c2cccc3c4ccccc4c4ccccc4c23)cc1. The zero-order valence-electron chi connectivity index (χ0n) is 19.7. The highest BCUT2D eigenvalue weighted by Crippen LogP contribution is 2.45.